The molecule has 3 N–H and O–H groups in total. The van der Waals surface area contributed by atoms with E-state index in [0.717, 1.165) is 22.4 Å². The highest BCUT2D eigenvalue weighted by molar-refractivity contribution is 5.70. The fraction of sp³-hybridized carbons (Fsp3) is 0.0769. The molecule has 1 aliphatic rings. The van der Waals surface area contributed by atoms with E-state index in [1.807, 2.05) is 48.5 Å². The van der Waals surface area contributed by atoms with Gasteiger partial charge in [0.15, 0.2) is 0 Å². The van der Waals surface area contributed by atoms with E-state index in [9.17, 15) is 9.65 Å². The Morgan fingerprint density at radius 3 is 2.64 bits per heavy atom. The largest absolute Gasteiger partial charge is 0.489 e. The van der Waals surface area contributed by atoms with Crippen molar-refractivity contribution in [2.45, 2.75) is 12.5 Å². The molecule has 0 aliphatic carbocycles. The summed E-state index contributed by atoms with van der Waals surface area (Å²) in [5, 5.41) is 17.2. The number of aromatic amines is 1. The molecule has 162 valence electrons. The molecular weight excluding hydrogens is 419 g/mol. The van der Waals surface area contributed by atoms with E-state index in [-0.39, 0.29) is 23.9 Å². The Morgan fingerprint density at radius 2 is 1.85 bits per heavy atom. The third kappa shape index (κ3) is 3.79. The lowest BCUT2D eigenvalue weighted by Gasteiger charge is -2.24. The van der Waals surface area contributed by atoms with Crippen LogP contribution in [0.25, 0.3) is 11.3 Å². The number of hydrogen-bond donors (Lipinski definition) is 2. The average Bonchev–Trinajstić information content (AvgIpc) is 3.26. The first-order valence-electron chi connectivity index (χ1n) is 10.3. The number of H-pyrrole nitrogens is 1. The van der Waals surface area contributed by atoms with Gasteiger partial charge < -0.3 is 15.2 Å². The van der Waals surface area contributed by atoms with Gasteiger partial charge in [0, 0.05) is 5.56 Å². The highest BCUT2D eigenvalue weighted by Gasteiger charge is 2.35. The molecule has 7 heteroatoms. The molecule has 0 unspecified atom stereocenters. The number of rotatable bonds is 5. The Balaban J connectivity index is 1.55. The first kappa shape index (κ1) is 20.3. The molecular formula is C26H19FN4O2. The van der Waals surface area contributed by atoms with Crippen LogP contribution >= 0.6 is 0 Å². The van der Waals surface area contributed by atoms with E-state index < -0.39 is 5.92 Å². The predicted octanol–water partition coefficient (Wildman–Crippen LogP) is 5.01. The second kappa shape index (κ2) is 8.52. The van der Waals surface area contributed by atoms with Gasteiger partial charge >= 0.3 is 0 Å². The lowest BCUT2D eigenvalue weighted by molar-refractivity contribution is 0.299. The number of hydrogen-bond acceptors (Lipinski definition) is 5. The van der Waals surface area contributed by atoms with Crippen molar-refractivity contribution in [3.05, 3.63) is 113 Å². The highest BCUT2D eigenvalue weighted by Crippen LogP contribution is 2.46. The number of halogens is 1. The molecule has 4 aromatic rings. The fourth-order valence-electron chi connectivity index (χ4n) is 3.96. The molecule has 33 heavy (non-hydrogen) atoms. The van der Waals surface area contributed by atoms with Crippen molar-refractivity contribution in [2.75, 3.05) is 0 Å². The van der Waals surface area contributed by atoms with Crippen LogP contribution in [-0.2, 0) is 6.61 Å². The summed E-state index contributed by atoms with van der Waals surface area (Å²) in [5.74, 6) is 0.0528. The van der Waals surface area contributed by atoms with Gasteiger partial charge in [-0.25, -0.2) is 4.39 Å². The lowest BCUT2D eigenvalue weighted by atomic mass is 9.83. The molecule has 1 aliphatic heterocycles. The Hall–Kier alpha value is -4.57. The first-order chi connectivity index (χ1) is 16.2. The topological polar surface area (TPSA) is 97.0 Å². The van der Waals surface area contributed by atoms with Crippen molar-refractivity contribution in [3.8, 4) is 29.0 Å². The van der Waals surface area contributed by atoms with Crippen LogP contribution in [0.4, 0.5) is 4.39 Å². The number of aromatic nitrogens is 2. The van der Waals surface area contributed by atoms with Gasteiger partial charge in [-0.15, -0.1) is 5.10 Å². The van der Waals surface area contributed by atoms with Gasteiger partial charge in [-0.3, -0.25) is 5.10 Å². The number of nitrogens with zero attached hydrogens (tertiary/aromatic N) is 2. The maximum absolute atomic E-state index is 14.0. The maximum Gasteiger partial charge on any atom is 0.244 e. The van der Waals surface area contributed by atoms with Crippen LogP contribution in [0, 0.1) is 17.1 Å². The molecule has 3 aromatic carbocycles. The second-order valence-corrected chi connectivity index (χ2v) is 7.56. The van der Waals surface area contributed by atoms with E-state index in [1.54, 1.807) is 24.3 Å². The van der Waals surface area contributed by atoms with Crippen LogP contribution in [0.1, 0.15) is 22.6 Å². The second-order valence-electron chi connectivity index (χ2n) is 7.56. The Morgan fingerprint density at radius 1 is 1.06 bits per heavy atom. The molecule has 0 spiro atoms. The SMILES string of the molecule is N#CC1=C(N)Oc2n[nH]c(-c3ccccc3)c2[C@@H]1c1cccc(OCc2ccccc2F)c1. The van der Waals surface area contributed by atoms with Gasteiger partial charge in [-0.05, 0) is 29.3 Å². The standard InChI is InChI=1S/C26H19FN4O2/c27-21-12-5-4-9-18(21)15-32-19-11-6-10-17(13-19)22-20(14-28)25(29)33-26-23(22)24(30-31-26)16-7-2-1-3-8-16/h1-13,22H,15,29H2,(H,30,31)/t22-/m1/s1. The molecule has 0 amide bonds. The van der Waals surface area contributed by atoms with Crippen molar-refractivity contribution in [1.29, 1.82) is 5.26 Å². The minimum Gasteiger partial charge on any atom is -0.489 e. The Kier molecular flexibility index (Phi) is 5.25. The molecule has 2 heterocycles. The van der Waals surface area contributed by atoms with E-state index in [1.165, 1.54) is 6.07 Å². The first-order valence-corrected chi connectivity index (χ1v) is 10.3. The zero-order valence-corrected chi connectivity index (χ0v) is 17.5. The highest BCUT2D eigenvalue weighted by atomic mass is 19.1. The third-order valence-electron chi connectivity index (χ3n) is 5.54. The van der Waals surface area contributed by atoms with Crippen LogP contribution in [0.2, 0.25) is 0 Å². The van der Waals surface area contributed by atoms with Crippen molar-refractivity contribution in [3.63, 3.8) is 0 Å². The van der Waals surface area contributed by atoms with Gasteiger partial charge in [-0.2, -0.15) is 5.26 Å². The smallest absolute Gasteiger partial charge is 0.244 e. The van der Waals surface area contributed by atoms with Crippen molar-refractivity contribution in [1.82, 2.24) is 10.2 Å². The molecule has 0 fully saturated rings. The zero-order valence-electron chi connectivity index (χ0n) is 17.5. The molecule has 1 aromatic heterocycles. The predicted molar refractivity (Wildman–Crippen MR) is 120 cm³/mol. The minimum atomic E-state index is -0.510. The van der Waals surface area contributed by atoms with Gasteiger partial charge in [-0.1, -0.05) is 60.7 Å². The number of nitrogens with one attached hydrogen (secondary N) is 1. The van der Waals surface area contributed by atoms with E-state index in [4.69, 9.17) is 15.2 Å². The Labute approximate surface area is 189 Å². The summed E-state index contributed by atoms with van der Waals surface area (Å²) in [7, 11) is 0. The normalized spacial score (nSPS) is 14.8. The summed E-state index contributed by atoms with van der Waals surface area (Å²) < 4.78 is 25.5. The average molecular weight is 438 g/mol. The summed E-state index contributed by atoms with van der Waals surface area (Å²) in [5.41, 5.74) is 9.97. The van der Waals surface area contributed by atoms with Gasteiger partial charge in [0.25, 0.3) is 0 Å². The number of nitriles is 1. The zero-order chi connectivity index (χ0) is 22.8. The quantitative estimate of drug-likeness (QED) is 0.456. The molecule has 5 rings (SSSR count). The van der Waals surface area contributed by atoms with Gasteiger partial charge in [0.05, 0.1) is 17.2 Å². The summed E-state index contributed by atoms with van der Waals surface area (Å²) in [6.07, 6.45) is 0. The Bertz CT molecular complexity index is 1390. The van der Waals surface area contributed by atoms with Crippen LogP contribution in [0.3, 0.4) is 0 Å². The van der Waals surface area contributed by atoms with E-state index in [2.05, 4.69) is 16.3 Å². The monoisotopic (exact) mass is 438 g/mol. The van der Waals surface area contributed by atoms with Crippen molar-refractivity contribution < 1.29 is 13.9 Å². The fourth-order valence-corrected chi connectivity index (χ4v) is 3.96. The van der Waals surface area contributed by atoms with Gasteiger partial charge in [0.1, 0.15) is 29.8 Å². The van der Waals surface area contributed by atoms with Crippen LogP contribution in [-0.4, -0.2) is 10.2 Å². The number of allylic oxidation sites excluding steroid dienone is 1. The minimum absolute atomic E-state index is 0.0128. The summed E-state index contributed by atoms with van der Waals surface area (Å²) in [4.78, 5) is 0. The van der Waals surface area contributed by atoms with Crippen LogP contribution < -0.4 is 15.2 Å². The van der Waals surface area contributed by atoms with E-state index in [0.29, 0.717) is 17.2 Å². The lowest BCUT2D eigenvalue weighted by Crippen LogP contribution is -2.21. The maximum atomic E-state index is 14.0. The number of ether oxygens (including phenoxy) is 2. The van der Waals surface area contributed by atoms with Gasteiger partial charge in [0.2, 0.25) is 11.8 Å². The van der Waals surface area contributed by atoms with Crippen LogP contribution in [0.5, 0.6) is 11.6 Å². The molecule has 0 radical (unpaired) electrons. The summed E-state index contributed by atoms with van der Waals surface area (Å²) >= 11 is 0. The molecule has 0 bridgehead atoms. The third-order valence-corrected chi connectivity index (χ3v) is 5.54. The van der Waals surface area contributed by atoms with Crippen molar-refractivity contribution >= 4 is 0 Å². The van der Waals surface area contributed by atoms with Crippen LogP contribution in [0.15, 0.2) is 90.3 Å². The summed E-state index contributed by atoms with van der Waals surface area (Å²) in [6, 6.07) is 25.7. The van der Waals surface area contributed by atoms with E-state index >= 15 is 0 Å². The molecule has 0 saturated carbocycles. The number of benzene rings is 3. The molecule has 6 nitrogen and oxygen atoms in total. The number of fused-ring (bicyclic) bond motifs is 1. The molecule has 0 saturated heterocycles. The summed E-state index contributed by atoms with van der Waals surface area (Å²) in [6.45, 7) is 0.0826. The number of nitrogens with two attached hydrogens (primary N) is 1. The van der Waals surface area contributed by atoms with Crippen molar-refractivity contribution in [2.24, 2.45) is 5.73 Å². The molecule has 1 atom stereocenters.